The molecular formula is C12H19N5O2. The highest BCUT2D eigenvalue weighted by molar-refractivity contribution is 6.06. The molecule has 1 aromatic heterocycles. The highest BCUT2D eigenvalue weighted by Crippen LogP contribution is 2.21. The van der Waals surface area contributed by atoms with E-state index >= 15 is 0 Å². The van der Waals surface area contributed by atoms with Crippen molar-refractivity contribution in [2.24, 2.45) is 16.3 Å². The fraction of sp³-hybridized carbons (Fsp3) is 0.500. The second-order valence-electron chi connectivity index (χ2n) is 4.50. The summed E-state index contributed by atoms with van der Waals surface area (Å²) in [4.78, 5) is 20.3. The number of aryl methyl sites for hydroxylation is 1. The number of nitrogens with one attached hydrogen (secondary N) is 1. The van der Waals surface area contributed by atoms with E-state index in [1.807, 2.05) is 6.92 Å². The summed E-state index contributed by atoms with van der Waals surface area (Å²) in [7, 11) is 0. The van der Waals surface area contributed by atoms with Gasteiger partial charge in [-0.3, -0.25) is 14.8 Å². The molecule has 0 radical (unpaired) electrons. The lowest BCUT2D eigenvalue weighted by Gasteiger charge is -2.25. The third kappa shape index (κ3) is 3.40. The highest BCUT2D eigenvalue weighted by Gasteiger charge is 2.36. The number of carbonyl (C=O) groups excluding carboxylic acids is 1. The van der Waals surface area contributed by atoms with E-state index in [0.717, 1.165) is 5.69 Å². The number of oxime groups is 1. The van der Waals surface area contributed by atoms with E-state index in [9.17, 15) is 4.79 Å². The second kappa shape index (κ2) is 6.12. The molecule has 1 aromatic rings. The van der Waals surface area contributed by atoms with E-state index in [4.69, 9.17) is 10.9 Å². The van der Waals surface area contributed by atoms with Crippen LogP contribution in [-0.4, -0.2) is 26.9 Å². The summed E-state index contributed by atoms with van der Waals surface area (Å²) in [5.74, 6) is -0.421. The fourth-order valence-corrected chi connectivity index (χ4v) is 1.44. The quantitative estimate of drug-likeness (QED) is 0.311. The molecule has 1 amide bonds. The first-order chi connectivity index (χ1) is 8.93. The van der Waals surface area contributed by atoms with Gasteiger partial charge in [0, 0.05) is 6.20 Å². The highest BCUT2D eigenvalue weighted by atomic mass is 16.4. The predicted octanol–water partition coefficient (Wildman–Crippen LogP) is 0.564. The normalized spacial score (nSPS) is 14.8. The molecule has 0 aromatic carbocycles. The monoisotopic (exact) mass is 265 g/mol. The van der Waals surface area contributed by atoms with Gasteiger partial charge in [-0.05, 0) is 20.3 Å². The lowest BCUT2D eigenvalue weighted by Crippen LogP contribution is -2.47. The van der Waals surface area contributed by atoms with Gasteiger partial charge in [-0.1, -0.05) is 12.1 Å². The van der Waals surface area contributed by atoms with Crippen LogP contribution >= 0.6 is 0 Å². The standard InChI is InChI=1S/C12H19N5O2/c1-4-12(3,10(13)17-19)11(18)16-7-9-6-14-8(2)5-15-9/h5-6,19H,4,7H2,1-3H3,(H2,13,17)(H,16,18). The van der Waals surface area contributed by atoms with Crippen LogP contribution < -0.4 is 11.1 Å². The van der Waals surface area contributed by atoms with Crippen LogP contribution in [0.4, 0.5) is 0 Å². The molecular weight excluding hydrogens is 246 g/mol. The average Bonchev–Trinajstić information content (AvgIpc) is 2.44. The molecule has 0 saturated heterocycles. The van der Waals surface area contributed by atoms with Crippen molar-refractivity contribution >= 4 is 11.7 Å². The maximum absolute atomic E-state index is 12.1. The van der Waals surface area contributed by atoms with Gasteiger partial charge in [-0.15, -0.1) is 0 Å². The van der Waals surface area contributed by atoms with Crippen LogP contribution in [-0.2, 0) is 11.3 Å². The van der Waals surface area contributed by atoms with Gasteiger partial charge >= 0.3 is 0 Å². The summed E-state index contributed by atoms with van der Waals surface area (Å²) in [6, 6.07) is 0. The Morgan fingerprint density at radius 3 is 2.68 bits per heavy atom. The molecule has 0 aliphatic carbocycles. The van der Waals surface area contributed by atoms with Crippen molar-refractivity contribution in [3.63, 3.8) is 0 Å². The van der Waals surface area contributed by atoms with Crippen molar-refractivity contribution in [1.29, 1.82) is 0 Å². The van der Waals surface area contributed by atoms with Crippen LogP contribution in [0.1, 0.15) is 31.7 Å². The summed E-state index contributed by atoms with van der Waals surface area (Å²) in [5.41, 5.74) is 5.99. The molecule has 7 nitrogen and oxygen atoms in total. The van der Waals surface area contributed by atoms with Gasteiger partial charge in [0.1, 0.15) is 5.41 Å². The molecule has 1 unspecified atom stereocenters. The van der Waals surface area contributed by atoms with Gasteiger partial charge < -0.3 is 16.3 Å². The minimum atomic E-state index is -1.03. The van der Waals surface area contributed by atoms with Crippen LogP contribution in [0.3, 0.4) is 0 Å². The third-order valence-corrected chi connectivity index (χ3v) is 3.15. The number of amidine groups is 1. The van der Waals surface area contributed by atoms with Crippen LogP contribution in [0.25, 0.3) is 0 Å². The molecule has 104 valence electrons. The molecule has 0 aliphatic heterocycles. The zero-order valence-corrected chi connectivity index (χ0v) is 11.3. The Bertz CT molecular complexity index is 472. The van der Waals surface area contributed by atoms with Gasteiger partial charge in [-0.25, -0.2) is 0 Å². The van der Waals surface area contributed by atoms with E-state index < -0.39 is 5.41 Å². The Kier molecular flexibility index (Phi) is 4.80. The van der Waals surface area contributed by atoms with Crippen molar-refractivity contribution in [1.82, 2.24) is 15.3 Å². The van der Waals surface area contributed by atoms with Gasteiger partial charge in [-0.2, -0.15) is 0 Å². The summed E-state index contributed by atoms with van der Waals surface area (Å²) in [5, 5.41) is 14.4. The van der Waals surface area contributed by atoms with E-state index in [-0.39, 0.29) is 18.3 Å². The molecule has 0 aliphatic rings. The summed E-state index contributed by atoms with van der Waals surface area (Å²) < 4.78 is 0. The third-order valence-electron chi connectivity index (χ3n) is 3.15. The van der Waals surface area contributed by atoms with Gasteiger partial charge in [0.25, 0.3) is 0 Å². The maximum atomic E-state index is 12.1. The number of nitrogens with zero attached hydrogens (tertiary/aromatic N) is 3. The Morgan fingerprint density at radius 1 is 1.53 bits per heavy atom. The lowest BCUT2D eigenvalue weighted by molar-refractivity contribution is -0.127. The molecule has 0 fully saturated rings. The predicted molar refractivity (Wildman–Crippen MR) is 70.4 cm³/mol. The topological polar surface area (TPSA) is 113 Å². The van der Waals surface area contributed by atoms with Gasteiger partial charge in [0.15, 0.2) is 5.84 Å². The lowest BCUT2D eigenvalue weighted by atomic mass is 9.85. The molecule has 7 heteroatoms. The molecule has 1 atom stereocenters. The Morgan fingerprint density at radius 2 is 2.21 bits per heavy atom. The van der Waals surface area contributed by atoms with Crippen molar-refractivity contribution in [2.75, 3.05) is 0 Å². The van der Waals surface area contributed by atoms with Gasteiger partial charge in [0.05, 0.1) is 24.1 Å². The molecule has 19 heavy (non-hydrogen) atoms. The summed E-state index contributed by atoms with van der Waals surface area (Å²) >= 11 is 0. The van der Waals surface area contributed by atoms with Crippen molar-refractivity contribution in [2.45, 2.75) is 33.7 Å². The first-order valence-corrected chi connectivity index (χ1v) is 5.98. The van der Waals surface area contributed by atoms with Crippen molar-refractivity contribution in [3.05, 3.63) is 23.8 Å². The van der Waals surface area contributed by atoms with E-state index in [1.165, 1.54) is 0 Å². The SMILES string of the molecule is CCC(C)(C(=O)NCc1cnc(C)cn1)C(N)=NO. The minimum Gasteiger partial charge on any atom is -0.409 e. The largest absolute Gasteiger partial charge is 0.409 e. The number of carbonyl (C=O) groups is 1. The van der Waals surface area contributed by atoms with Crippen LogP contribution in [0.5, 0.6) is 0 Å². The Balaban J connectivity index is 2.71. The zero-order valence-electron chi connectivity index (χ0n) is 11.3. The van der Waals surface area contributed by atoms with Crippen molar-refractivity contribution in [3.8, 4) is 0 Å². The number of hydrogen-bond donors (Lipinski definition) is 3. The first kappa shape index (κ1) is 14.9. The summed E-state index contributed by atoms with van der Waals surface area (Å²) in [6.45, 7) is 5.50. The Labute approximate surface area is 111 Å². The molecule has 0 spiro atoms. The van der Waals surface area contributed by atoms with Crippen LogP contribution in [0.2, 0.25) is 0 Å². The first-order valence-electron chi connectivity index (χ1n) is 5.98. The van der Waals surface area contributed by atoms with Crippen molar-refractivity contribution < 1.29 is 10.0 Å². The fourth-order valence-electron chi connectivity index (χ4n) is 1.44. The number of aromatic nitrogens is 2. The second-order valence-corrected chi connectivity index (χ2v) is 4.50. The molecule has 1 heterocycles. The average molecular weight is 265 g/mol. The van der Waals surface area contributed by atoms with Crippen LogP contribution in [0, 0.1) is 12.3 Å². The van der Waals surface area contributed by atoms with E-state index in [1.54, 1.807) is 26.2 Å². The van der Waals surface area contributed by atoms with Gasteiger partial charge in [0.2, 0.25) is 5.91 Å². The number of nitrogens with two attached hydrogens (primary N) is 1. The summed E-state index contributed by atoms with van der Waals surface area (Å²) in [6.07, 6.45) is 3.65. The smallest absolute Gasteiger partial charge is 0.233 e. The Hall–Kier alpha value is -2.18. The van der Waals surface area contributed by atoms with E-state index in [0.29, 0.717) is 12.1 Å². The number of rotatable bonds is 5. The molecule has 0 saturated carbocycles. The van der Waals surface area contributed by atoms with Crippen LogP contribution in [0.15, 0.2) is 17.5 Å². The molecule has 4 N–H and O–H groups in total. The van der Waals surface area contributed by atoms with E-state index in [2.05, 4.69) is 20.4 Å². The molecule has 0 bridgehead atoms. The zero-order chi connectivity index (χ0) is 14.5. The maximum Gasteiger partial charge on any atom is 0.233 e. The number of amides is 1. The number of hydrogen-bond acceptors (Lipinski definition) is 5. The minimum absolute atomic E-state index is 0.109. The molecule has 1 rings (SSSR count).